The fourth-order valence-corrected chi connectivity index (χ4v) is 5.41. The first-order valence-electron chi connectivity index (χ1n) is 8.03. The number of carbonyl (C=O) groups excluding carboxylic acids is 1. The van der Waals surface area contributed by atoms with Crippen molar-refractivity contribution >= 4 is 45.0 Å². The van der Waals surface area contributed by atoms with Gasteiger partial charge in [0.15, 0.2) is 5.13 Å². The lowest BCUT2D eigenvalue weighted by Gasteiger charge is -1.99. The molecule has 0 unspecified atom stereocenters. The molecule has 0 fully saturated rings. The molecule has 0 atom stereocenters. The number of anilines is 1. The minimum absolute atomic E-state index is 0.0407. The molecule has 1 amide bonds. The Balaban J connectivity index is 1.40. The number of aryl methyl sites for hydroxylation is 2. The Labute approximate surface area is 152 Å². The van der Waals surface area contributed by atoms with E-state index in [4.69, 9.17) is 0 Å². The molecule has 1 aliphatic rings. The standard InChI is InChI=1S/C17H17N3OS3/c21-15(8-12-10-23-16(18-12)11-6-7-22-9-11)20-17-19-13-4-2-1-3-5-14(13)24-17/h6-7,9-10H,1-5,8H2,(H,19,20,21). The molecule has 0 bridgehead atoms. The van der Waals surface area contributed by atoms with Gasteiger partial charge in [0.1, 0.15) is 5.01 Å². The summed E-state index contributed by atoms with van der Waals surface area (Å²) in [7, 11) is 0. The number of hydrogen-bond donors (Lipinski definition) is 1. The molecule has 24 heavy (non-hydrogen) atoms. The number of nitrogens with zero attached hydrogens (tertiary/aromatic N) is 2. The molecule has 0 spiro atoms. The van der Waals surface area contributed by atoms with E-state index < -0.39 is 0 Å². The molecule has 1 aliphatic carbocycles. The average molecular weight is 376 g/mol. The fraction of sp³-hybridized carbons (Fsp3) is 0.353. The predicted molar refractivity (Wildman–Crippen MR) is 101 cm³/mol. The predicted octanol–water partition coefficient (Wildman–Crippen LogP) is 4.78. The molecule has 4 nitrogen and oxygen atoms in total. The zero-order chi connectivity index (χ0) is 16.4. The molecule has 3 aromatic heterocycles. The molecule has 0 radical (unpaired) electrons. The quantitative estimate of drug-likeness (QED) is 0.668. The van der Waals surface area contributed by atoms with Crippen LogP contribution in [-0.4, -0.2) is 15.9 Å². The van der Waals surface area contributed by atoms with E-state index >= 15 is 0 Å². The van der Waals surface area contributed by atoms with Gasteiger partial charge in [-0.3, -0.25) is 4.79 Å². The van der Waals surface area contributed by atoms with Gasteiger partial charge in [-0.2, -0.15) is 11.3 Å². The third-order valence-corrected chi connectivity index (χ3v) is 6.70. The number of thiophene rings is 1. The summed E-state index contributed by atoms with van der Waals surface area (Å²) in [5.41, 5.74) is 3.12. The molecule has 3 aromatic rings. The van der Waals surface area contributed by atoms with Crippen LogP contribution < -0.4 is 5.32 Å². The number of nitrogens with one attached hydrogen (secondary N) is 1. The Kier molecular flexibility index (Phi) is 4.73. The van der Waals surface area contributed by atoms with Crippen LogP contribution in [0.25, 0.3) is 10.6 Å². The molecule has 0 aliphatic heterocycles. The van der Waals surface area contributed by atoms with Crippen molar-refractivity contribution in [3.05, 3.63) is 38.5 Å². The average Bonchev–Trinajstić information content (AvgIpc) is 3.27. The number of amides is 1. The van der Waals surface area contributed by atoms with Gasteiger partial charge in [0.2, 0.25) is 5.91 Å². The van der Waals surface area contributed by atoms with Crippen molar-refractivity contribution in [2.75, 3.05) is 5.32 Å². The molecule has 0 saturated carbocycles. The summed E-state index contributed by atoms with van der Waals surface area (Å²) < 4.78 is 0. The van der Waals surface area contributed by atoms with Gasteiger partial charge in [0.25, 0.3) is 0 Å². The van der Waals surface area contributed by atoms with Crippen molar-refractivity contribution in [1.29, 1.82) is 0 Å². The first kappa shape index (κ1) is 15.9. The van der Waals surface area contributed by atoms with Gasteiger partial charge in [-0.05, 0) is 37.1 Å². The van der Waals surface area contributed by atoms with Crippen LogP contribution in [0.5, 0.6) is 0 Å². The topological polar surface area (TPSA) is 54.9 Å². The minimum Gasteiger partial charge on any atom is -0.302 e. The van der Waals surface area contributed by atoms with Crippen molar-refractivity contribution in [1.82, 2.24) is 9.97 Å². The lowest BCUT2D eigenvalue weighted by Crippen LogP contribution is -2.14. The maximum absolute atomic E-state index is 12.3. The van der Waals surface area contributed by atoms with E-state index in [0.29, 0.717) is 6.42 Å². The summed E-state index contributed by atoms with van der Waals surface area (Å²) in [4.78, 5) is 22.8. The smallest absolute Gasteiger partial charge is 0.232 e. The molecule has 3 heterocycles. The summed E-state index contributed by atoms with van der Waals surface area (Å²) in [6.07, 6.45) is 6.14. The van der Waals surface area contributed by atoms with Gasteiger partial charge >= 0.3 is 0 Å². The third-order valence-electron chi connectivity index (χ3n) is 4.00. The Morgan fingerprint density at radius 1 is 1.17 bits per heavy atom. The Morgan fingerprint density at radius 2 is 2.08 bits per heavy atom. The van der Waals surface area contributed by atoms with E-state index in [2.05, 4.69) is 26.7 Å². The normalized spacial score (nSPS) is 14.2. The first-order valence-corrected chi connectivity index (χ1v) is 10.7. The minimum atomic E-state index is -0.0407. The van der Waals surface area contributed by atoms with Gasteiger partial charge in [-0.15, -0.1) is 22.7 Å². The Bertz CT molecular complexity index is 812. The first-order chi connectivity index (χ1) is 11.8. The molecule has 1 N–H and O–H groups in total. The SMILES string of the molecule is O=C(Cc1csc(-c2ccsc2)n1)Nc1nc2c(s1)CCCCC2. The maximum Gasteiger partial charge on any atom is 0.232 e. The molecule has 124 valence electrons. The highest BCUT2D eigenvalue weighted by Crippen LogP contribution is 2.29. The Hall–Kier alpha value is -1.57. The van der Waals surface area contributed by atoms with Crippen LogP contribution in [0.2, 0.25) is 0 Å². The van der Waals surface area contributed by atoms with Gasteiger partial charge in [0, 0.05) is 21.2 Å². The number of hydrogen-bond acceptors (Lipinski definition) is 6. The van der Waals surface area contributed by atoms with Gasteiger partial charge < -0.3 is 5.32 Å². The van der Waals surface area contributed by atoms with Crippen molar-refractivity contribution in [2.24, 2.45) is 0 Å². The maximum atomic E-state index is 12.3. The van der Waals surface area contributed by atoms with E-state index in [1.54, 1.807) is 34.0 Å². The molecular formula is C17H17N3OS3. The van der Waals surface area contributed by atoms with Gasteiger partial charge in [-0.1, -0.05) is 6.42 Å². The number of carbonyl (C=O) groups is 1. The molecule has 4 rings (SSSR count). The van der Waals surface area contributed by atoms with Crippen LogP contribution >= 0.6 is 34.0 Å². The van der Waals surface area contributed by atoms with E-state index in [1.165, 1.54) is 29.8 Å². The van der Waals surface area contributed by atoms with Crippen LogP contribution in [0.1, 0.15) is 35.5 Å². The largest absolute Gasteiger partial charge is 0.302 e. The summed E-state index contributed by atoms with van der Waals surface area (Å²) in [5.74, 6) is -0.0407. The van der Waals surface area contributed by atoms with Crippen LogP contribution in [0, 0.1) is 0 Å². The van der Waals surface area contributed by atoms with Crippen LogP contribution in [-0.2, 0) is 24.1 Å². The highest BCUT2D eigenvalue weighted by molar-refractivity contribution is 7.16. The number of aromatic nitrogens is 2. The highest BCUT2D eigenvalue weighted by Gasteiger charge is 2.16. The van der Waals surface area contributed by atoms with Crippen LogP contribution in [0.3, 0.4) is 0 Å². The van der Waals surface area contributed by atoms with Crippen molar-refractivity contribution in [2.45, 2.75) is 38.5 Å². The number of fused-ring (bicyclic) bond motifs is 1. The molecule has 0 aromatic carbocycles. The Morgan fingerprint density at radius 3 is 2.96 bits per heavy atom. The second-order valence-corrected chi connectivity index (χ2v) is 8.55. The lowest BCUT2D eigenvalue weighted by molar-refractivity contribution is -0.115. The van der Waals surface area contributed by atoms with Gasteiger partial charge in [-0.25, -0.2) is 9.97 Å². The summed E-state index contributed by atoms with van der Waals surface area (Å²) >= 11 is 4.87. The summed E-state index contributed by atoms with van der Waals surface area (Å²) in [6, 6.07) is 2.05. The van der Waals surface area contributed by atoms with Crippen LogP contribution in [0.4, 0.5) is 5.13 Å². The van der Waals surface area contributed by atoms with Crippen molar-refractivity contribution in [3.63, 3.8) is 0 Å². The monoisotopic (exact) mass is 375 g/mol. The lowest BCUT2D eigenvalue weighted by atomic mass is 10.2. The van der Waals surface area contributed by atoms with Gasteiger partial charge in [0.05, 0.1) is 17.8 Å². The summed E-state index contributed by atoms with van der Waals surface area (Å²) in [6.45, 7) is 0. The molecule has 7 heteroatoms. The second-order valence-electron chi connectivity index (χ2n) is 5.83. The summed E-state index contributed by atoms with van der Waals surface area (Å²) in [5, 5.41) is 10.7. The van der Waals surface area contributed by atoms with E-state index in [0.717, 1.165) is 34.2 Å². The van der Waals surface area contributed by atoms with E-state index in [9.17, 15) is 4.79 Å². The number of thiazole rings is 2. The van der Waals surface area contributed by atoms with E-state index in [1.807, 2.05) is 10.8 Å². The molecular weight excluding hydrogens is 358 g/mol. The van der Waals surface area contributed by atoms with Crippen molar-refractivity contribution < 1.29 is 4.79 Å². The van der Waals surface area contributed by atoms with Crippen molar-refractivity contribution in [3.8, 4) is 10.6 Å². The van der Waals surface area contributed by atoms with Crippen LogP contribution in [0.15, 0.2) is 22.2 Å². The number of rotatable bonds is 4. The second kappa shape index (κ2) is 7.13. The fourth-order valence-electron chi connectivity index (χ4n) is 2.82. The highest BCUT2D eigenvalue weighted by atomic mass is 32.1. The zero-order valence-electron chi connectivity index (χ0n) is 13.1. The third kappa shape index (κ3) is 3.58. The molecule has 0 saturated heterocycles. The zero-order valence-corrected chi connectivity index (χ0v) is 15.5. The van der Waals surface area contributed by atoms with E-state index in [-0.39, 0.29) is 5.91 Å².